The van der Waals surface area contributed by atoms with Crippen molar-refractivity contribution in [3.63, 3.8) is 0 Å². The van der Waals surface area contributed by atoms with E-state index >= 15 is 0 Å². The van der Waals surface area contributed by atoms with E-state index in [1.165, 1.54) is 36.2 Å². The molecule has 1 rings (SSSR count). The minimum absolute atomic E-state index is 0.580. The lowest BCUT2D eigenvalue weighted by molar-refractivity contribution is 0.367. The molecule has 1 atom stereocenters. The van der Waals surface area contributed by atoms with Crippen LogP contribution in [0.1, 0.15) is 57.0 Å². The Morgan fingerprint density at radius 2 is 1.79 bits per heavy atom. The van der Waals surface area contributed by atoms with Gasteiger partial charge in [0.05, 0.1) is 5.69 Å². The summed E-state index contributed by atoms with van der Waals surface area (Å²) in [5.74, 6) is 0.835. The smallest absolute Gasteiger partial charge is 0.0628 e. The van der Waals surface area contributed by atoms with Gasteiger partial charge in [0.1, 0.15) is 0 Å². The van der Waals surface area contributed by atoms with Crippen LogP contribution in [0.4, 0.5) is 0 Å². The molecule has 0 amide bonds. The fraction of sp³-hybridized carbons (Fsp3) is 0.812. The second kappa shape index (κ2) is 7.68. The molecule has 0 radical (unpaired) electrons. The Balaban J connectivity index is 2.77. The molecular formula is C16H31N3. The highest BCUT2D eigenvalue weighted by atomic mass is 15.3. The molecule has 110 valence electrons. The molecule has 1 unspecified atom stereocenters. The van der Waals surface area contributed by atoms with Gasteiger partial charge in [0.25, 0.3) is 0 Å². The number of hydrogen-bond acceptors (Lipinski definition) is 2. The third kappa shape index (κ3) is 4.34. The molecule has 0 spiro atoms. The predicted octanol–water partition coefficient (Wildman–Crippen LogP) is 3.38. The van der Waals surface area contributed by atoms with Crippen LogP contribution in [0, 0.1) is 19.8 Å². The number of hydrogen-bond donors (Lipinski definition) is 1. The van der Waals surface area contributed by atoms with Gasteiger partial charge in [0, 0.05) is 18.8 Å². The van der Waals surface area contributed by atoms with Gasteiger partial charge >= 0.3 is 0 Å². The number of aryl methyl sites for hydroxylation is 2. The number of rotatable bonds is 8. The van der Waals surface area contributed by atoms with Crippen molar-refractivity contribution in [2.45, 2.75) is 66.3 Å². The maximum atomic E-state index is 4.53. The van der Waals surface area contributed by atoms with Crippen LogP contribution in [0.25, 0.3) is 0 Å². The van der Waals surface area contributed by atoms with Crippen LogP contribution >= 0.6 is 0 Å². The first-order valence-corrected chi connectivity index (χ1v) is 7.75. The van der Waals surface area contributed by atoms with Gasteiger partial charge in [-0.05, 0) is 44.7 Å². The van der Waals surface area contributed by atoms with E-state index < -0.39 is 0 Å². The van der Waals surface area contributed by atoms with E-state index in [9.17, 15) is 0 Å². The van der Waals surface area contributed by atoms with Crippen LogP contribution in [-0.4, -0.2) is 22.4 Å². The molecule has 0 aliphatic rings. The molecule has 19 heavy (non-hydrogen) atoms. The Hall–Kier alpha value is -0.830. The third-order valence-electron chi connectivity index (χ3n) is 4.37. The second-order valence-corrected chi connectivity index (χ2v) is 5.65. The fourth-order valence-corrected chi connectivity index (χ4v) is 2.91. The zero-order valence-electron chi connectivity index (χ0n) is 13.6. The Morgan fingerprint density at radius 1 is 1.16 bits per heavy atom. The topological polar surface area (TPSA) is 29.9 Å². The van der Waals surface area contributed by atoms with Crippen molar-refractivity contribution in [1.82, 2.24) is 15.1 Å². The van der Waals surface area contributed by atoms with Crippen molar-refractivity contribution in [1.29, 1.82) is 0 Å². The first-order valence-electron chi connectivity index (χ1n) is 7.75. The van der Waals surface area contributed by atoms with E-state index in [0.717, 1.165) is 18.9 Å². The summed E-state index contributed by atoms with van der Waals surface area (Å²) in [6.07, 6.45) is 4.94. The Bertz CT molecular complexity index is 378. The zero-order valence-corrected chi connectivity index (χ0v) is 13.6. The van der Waals surface area contributed by atoms with Gasteiger partial charge in [-0.2, -0.15) is 5.10 Å². The Morgan fingerprint density at radius 3 is 2.21 bits per heavy atom. The van der Waals surface area contributed by atoms with E-state index in [2.05, 4.69) is 45.0 Å². The quantitative estimate of drug-likeness (QED) is 0.781. The average molecular weight is 265 g/mol. The summed E-state index contributed by atoms with van der Waals surface area (Å²) in [6.45, 7) is 12.2. The lowest BCUT2D eigenvalue weighted by Crippen LogP contribution is -2.33. The summed E-state index contributed by atoms with van der Waals surface area (Å²) in [7, 11) is 2.04. The van der Waals surface area contributed by atoms with Crippen molar-refractivity contribution in [2.24, 2.45) is 13.0 Å². The maximum Gasteiger partial charge on any atom is 0.0628 e. The number of aromatic nitrogens is 2. The highest BCUT2D eigenvalue weighted by Gasteiger charge is 2.18. The number of nitrogens with one attached hydrogen (secondary N) is 1. The van der Waals surface area contributed by atoms with E-state index in [-0.39, 0.29) is 0 Å². The van der Waals surface area contributed by atoms with Crippen LogP contribution in [0.15, 0.2) is 0 Å². The molecule has 1 aromatic heterocycles. The normalized spacial score (nSPS) is 13.2. The van der Waals surface area contributed by atoms with Crippen LogP contribution < -0.4 is 5.32 Å². The molecule has 1 heterocycles. The van der Waals surface area contributed by atoms with Crippen molar-refractivity contribution in [3.8, 4) is 0 Å². The minimum Gasteiger partial charge on any atom is -0.314 e. The van der Waals surface area contributed by atoms with Crippen LogP contribution in [0.3, 0.4) is 0 Å². The number of nitrogens with zero attached hydrogens (tertiary/aromatic N) is 2. The molecular weight excluding hydrogens is 234 g/mol. The van der Waals surface area contributed by atoms with E-state index in [1.54, 1.807) is 0 Å². The highest BCUT2D eigenvalue weighted by Crippen LogP contribution is 2.20. The first kappa shape index (κ1) is 16.2. The van der Waals surface area contributed by atoms with E-state index in [0.29, 0.717) is 6.04 Å². The minimum atomic E-state index is 0.580. The van der Waals surface area contributed by atoms with Gasteiger partial charge in [-0.3, -0.25) is 4.68 Å². The summed E-state index contributed by atoms with van der Waals surface area (Å²) < 4.78 is 2.00. The van der Waals surface area contributed by atoms with Gasteiger partial charge in [-0.25, -0.2) is 0 Å². The molecule has 0 aliphatic carbocycles. The summed E-state index contributed by atoms with van der Waals surface area (Å²) >= 11 is 0. The zero-order chi connectivity index (χ0) is 14.4. The molecule has 0 saturated carbocycles. The monoisotopic (exact) mass is 265 g/mol. The van der Waals surface area contributed by atoms with Crippen molar-refractivity contribution >= 4 is 0 Å². The largest absolute Gasteiger partial charge is 0.314 e. The molecule has 3 nitrogen and oxygen atoms in total. The third-order valence-corrected chi connectivity index (χ3v) is 4.37. The summed E-state index contributed by atoms with van der Waals surface area (Å²) in [5.41, 5.74) is 3.93. The summed E-state index contributed by atoms with van der Waals surface area (Å²) in [6, 6.07) is 0.580. The van der Waals surface area contributed by atoms with Crippen LogP contribution in [0.5, 0.6) is 0 Å². The average Bonchev–Trinajstić information content (AvgIpc) is 2.62. The first-order chi connectivity index (χ1) is 9.03. The standard InChI is InChI=1S/C16H31N3/c1-7-14(8-2)10-15(17-9-3)11-16-12(4)18-19(6)13(16)5/h14-15,17H,7-11H2,1-6H3. The fourth-order valence-electron chi connectivity index (χ4n) is 2.91. The molecule has 0 fully saturated rings. The highest BCUT2D eigenvalue weighted by molar-refractivity contribution is 5.25. The van der Waals surface area contributed by atoms with Gasteiger partial charge in [0.2, 0.25) is 0 Å². The summed E-state index contributed by atoms with van der Waals surface area (Å²) in [5, 5.41) is 8.19. The van der Waals surface area contributed by atoms with E-state index in [4.69, 9.17) is 0 Å². The maximum absolute atomic E-state index is 4.53. The van der Waals surface area contributed by atoms with Crippen LogP contribution in [-0.2, 0) is 13.5 Å². The van der Waals surface area contributed by atoms with Crippen molar-refractivity contribution in [2.75, 3.05) is 6.54 Å². The summed E-state index contributed by atoms with van der Waals surface area (Å²) in [4.78, 5) is 0. The number of likely N-dealkylation sites (N-methyl/N-ethyl adjacent to an activating group) is 1. The molecule has 1 N–H and O–H groups in total. The predicted molar refractivity (Wildman–Crippen MR) is 82.5 cm³/mol. The molecule has 3 heteroatoms. The van der Waals surface area contributed by atoms with Gasteiger partial charge < -0.3 is 5.32 Å². The molecule has 0 saturated heterocycles. The Kier molecular flexibility index (Phi) is 6.56. The molecule has 0 aliphatic heterocycles. The van der Waals surface area contributed by atoms with Crippen LogP contribution in [0.2, 0.25) is 0 Å². The van der Waals surface area contributed by atoms with Crippen molar-refractivity contribution < 1.29 is 0 Å². The lowest BCUT2D eigenvalue weighted by atomic mass is 9.91. The molecule has 0 aromatic carbocycles. The van der Waals surface area contributed by atoms with E-state index in [1.807, 2.05) is 11.7 Å². The van der Waals surface area contributed by atoms with Gasteiger partial charge in [-0.15, -0.1) is 0 Å². The van der Waals surface area contributed by atoms with Crippen molar-refractivity contribution in [3.05, 3.63) is 17.0 Å². The SMILES string of the molecule is CCNC(Cc1c(C)nn(C)c1C)CC(CC)CC. The molecule has 1 aromatic rings. The van der Waals surface area contributed by atoms with Gasteiger partial charge in [-0.1, -0.05) is 33.6 Å². The Labute approximate surface area is 118 Å². The van der Waals surface area contributed by atoms with Gasteiger partial charge in [0.15, 0.2) is 0 Å². The molecule has 0 bridgehead atoms. The lowest BCUT2D eigenvalue weighted by Gasteiger charge is -2.23. The second-order valence-electron chi connectivity index (χ2n) is 5.65.